The minimum atomic E-state index is -1.40. The van der Waals surface area contributed by atoms with Crippen LogP contribution in [0.3, 0.4) is 0 Å². The molecular weight excluding hydrogens is 732 g/mol. The number of carbonyl (C=O) groups excluding carboxylic acids is 5. The van der Waals surface area contributed by atoms with Crippen molar-refractivity contribution in [1.29, 1.82) is 0 Å². The van der Waals surface area contributed by atoms with Crippen LogP contribution in [0.5, 0.6) is 0 Å². The number of nitrogens with one attached hydrogen (secondary N) is 5. The summed E-state index contributed by atoms with van der Waals surface area (Å²) in [5.74, 6) is -6.24. The largest absolute Gasteiger partial charge is 0.481 e. The van der Waals surface area contributed by atoms with Crippen LogP contribution in [-0.4, -0.2) is 113 Å². The molecule has 5 unspecified atom stereocenters. The van der Waals surface area contributed by atoms with Crippen molar-refractivity contribution in [3.8, 4) is 0 Å². The second kappa shape index (κ2) is 25.3. The highest BCUT2D eigenvalue weighted by molar-refractivity contribution is 5.96. The van der Waals surface area contributed by atoms with Crippen molar-refractivity contribution in [2.75, 3.05) is 20.2 Å². The standard InChI is InChI=1S/C34H54N10O8.C2H4O2/c1-19(2)28(32(50)43-26(33(51)52-3)17-20-18-40-23-11-5-4-9-21(20)23)44-31(49)25(13-14-27(45)46)42-30(48)24(12-6-7-15-35)41-29(47)22(36)10-8-16-39-34(37)38;1-2(3)4/h4-5,9,11,18-19,22,24-26,28,40H,6-8,10,12-17,35-36H2,1-3H3,(H,41,47)(H,42,48)(H,43,50)(H,44,49)(H,45,46)(H4,37,38,39);1H3,(H,3,4). The molecule has 0 bridgehead atoms. The van der Waals surface area contributed by atoms with E-state index >= 15 is 0 Å². The Morgan fingerprint density at radius 3 is 2.00 bits per heavy atom. The normalized spacial score (nSPS) is 13.4. The van der Waals surface area contributed by atoms with Crippen LogP contribution in [0.15, 0.2) is 35.5 Å². The Balaban J connectivity index is 0.00000373. The van der Waals surface area contributed by atoms with Gasteiger partial charge in [0.05, 0.1) is 13.2 Å². The number of hydrogen-bond acceptors (Lipinski definition) is 11. The first-order valence-corrected chi connectivity index (χ1v) is 18.2. The van der Waals surface area contributed by atoms with Gasteiger partial charge in [-0.15, -0.1) is 0 Å². The average Bonchev–Trinajstić information content (AvgIpc) is 3.54. The summed E-state index contributed by atoms with van der Waals surface area (Å²) in [5.41, 5.74) is 23.9. The fourth-order valence-corrected chi connectivity index (χ4v) is 5.41. The molecule has 0 aliphatic heterocycles. The van der Waals surface area contributed by atoms with Crippen LogP contribution in [0.4, 0.5) is 0 Å². The molecule has 1 heterocycles. The van der Waals surface area contributed by atoms with Crippen molar-refractivity contribution < 1.29 is 48.5 Å². The van der Waals surface area contributed by atoms with E-state index in [4.69, 9.17) is 37.6 Å². The number of esters is 1. The number of nitrogens with two attached hydrogens (primary N) is 4. The van der Waals surface area contributed by atoms with Crippen LogP contribution in [0, 0.1) is 5.92 Å². The van der Waals surface area contributed by atoms with E-state index < -0.39 is 84.1 Å². The average molecular weight is 791 g/mol. The molecule has 0 aliphatic rings. The molecule has 5 atom stereocenters. The van der Waals surface area contributed by atoms with Gasteiger partial charge in [0.2, 0.25) is 23.6 Å². The third-order valence-corrected chi connectivity index (χ3v) is 8.31. The molecule has 0 spiro atoms. The predicted octanol–water partition coefficient (Wildman–Crippen LogP) is -1.06. The zero-order chi connectivity index (χ0) is 42.4. The SMILES string of the molecule is CC(=O)O.COC(=O)C(Cc1c[nH]c2ccccc12)NC(=O)C(NC(=O)C(CCC(=O)O)NC(=O)C(CCCCN)NC(=O)C(N)CCCN=C(N)N)C(C)C. The van der Waals surface area contributed by atoms with Gasteiger partial charge in [0, 0.05) is 43.4 Å². The summed E-state index contributed by atoms with van der Waals surface area (Å²) in [7, 11) is 1.20. The van der Waals surface area contributed by atoms with E-state index in [2.05, 4.69) is 31.2 Å². The van der Waals surface area contributed by atoms with Gasteiger partial charge in [-0.05, 0) is 62.6 Å². The minimum Gasteiger partial charge on any atom is -0.481 e. The number of aromatic nitrogens is 1. The van der Waals surface area contributed by atoms with Crippen molar-refractivity contribution in [2.24, 2.45) is 33.8 Å². The number of H-pyrrole nitrogens is 1. The lowest BCUT2D eigenvalue weighted by Gasteiger charge is -2.28. The zero-order valence-electron chi connectivity index (χ0n) is 32.3. The predicted molar refractivity (Wildman–Crippen MR) is 208 cm³/mol. The number of guanidine groups is 1. The number of carboxylic acid groups (broad SMARTS) is 2. The minimum absolute atomic E-state index is 0.0929. The molecule has 0 aliphatic carbocycles. The smallest absolute Gasteiger partial charge is 0.328 e. The summed E-state index contributed by atoms with van der Waals surface area (Å²) in [6.07, 6.45) is 2.80. The number of nitrogens with zero attached hydrogens (tertiary/aromatic N) is 1. The molecule has 312 valence electrons. The van der Waals surface area contributed by atoms with E-state index in [1.807, 2.05) is 24.3 Å². The molecule has 0 saturated heterocycles. The van der Waals surface area contributed by atoms with Crippen LogP contribution in [-0.2, 0) is 44.7 Å². The fraction of sp³-hybridized carbons (Fsp3) is 0.556. The summed E-state index contributed by atoms with van der Waals surface area (Å²) in [6.45, 7) is 5.03. The van der Waals surface area contributed by atoms with Crippen molar-refractivity contribution in [1.82, 2.24) is 26.3 Å². The molecule has 0 fully saturated rings. The summed E-state index contributed by atoms with van der Waals surface area (Å²) >= 11 is 0. The number of carbonyl (C=O) groups is 7. The number of methoxy groups -OCH3 is 1. The Morgan fingerprint density at radius 1 is 0.821 bits per heavy atom. The van der Waals surface area contributed by atoms with Gasteiger partial charge in [0.15, 0.2) is 5.96 Å². The third kappa shape index (κ3) is 18.0. The van der Waals surface area contributed by atoms with Crippen molar-refractivity contribution in [3.63, 3.8) is 0 Å². The van der Waals surface area contributed by atoms with Gasteiger partial charge in [-0.25, -0.2) is 4.79 Å². The maximum absolute atomic E-state index is 13.7. The molecule has 2 rings (SSSR count). The van der Waals surface area contributed by atoms with E-state index in [-0.39, 0.29) is 38.2 Å². The molecule has 0 radical (unpaired) electrons. The van der Waals surface area contributed by atoms with Crippen LogP contribution < -0.4 is 44.2 Å². The second-order valence-corrected chi connectivity index (χ2v) is 13.3. The highest BCUT2D eigenvalue weighted by Crippen LogP contribution is 2.20. The highest BCUT2D eigenvalue weighted by atomic mass is 16.5. The number of benzene rings is 1. The van der Waals surface area contributed by atoms with E-state index in [1.54, 1.807) is 20.0 Å². The van der Waals surface area contributed by atoms with Crippen LogP contribution >= 0.6 is 0 Å². The zero-order valence-corrected chi connectivity index (χ0v) is 32.3. The Morgan fingerprint density at radius 2 is 1.41 bits per heavy atom. The molecule has 20 heteroatoms. The van der Waals surface area contributed by atoms with Crippen molar-refractivity contribution >= 4 is 58.4 Å². The number of aliphatic imine (C=N–C) groups is 1. The number of amides is 4. The van der Waals surface area contributed by atoms with Crippen LogP contribution in [0.1, 0.15) is 71.3 Å². The lowest BCUT2D eigenvalue weighted by molar-refractivity contribution is -0.145. The summed E-state index contributed by atoms with van der Waals surface area (Å²) in [4.78, 5) is 93.9. The second-order valence-electron chi connectivity index (χ2n) is 13.3. The van der Waals surface area contributed by atoms with Gasteiger partial charge in [0.1, 0.15) is 24.2 Å². The molecule has 15 N–H and O–H groups in total. The quantitative estimate of drug-likeness (QED) is 0.0277. The van der Waals surface area contributed by atoms with Gasteiger partial charge in [0.25, 0.3) is 5.97 Å². The van der Waals surface area contributed by atoms with Gasteiger partial charge in [-0.1, -0.05) is 32.0 Å². The van der Waals surface area contributed by atoms with Crippen molar-refractivity contribution in [3.05, 3.63) is 36.0 Å². The number of fused-ring (bicyclic) bond motifs is 1. The Bertz CT molecular complexity index is 1640. The molecule has 2 aromatic rings. The molecule has 56 heavy (non-hydrogen) atoms. The molecular formula is C36H58N10O10. The lowest BCUT2D eigenvalue weighted by Crippen LogP contribution is -2.59. The number of hydrogen-bond donors (Lipinski definition) is 11. The maximum Gasteiger partial charge on any atom is 0.328 e. The first kappa shape index (κ1) is 48.3. The van der Waals surface area contributed by atoms with Gasteiger partial charge >= 0.3 is 11.9 Å². The number of unbranched alkanes of at least 4 members (excludes halogenated alkanes) is 1. The van der Waals surface area contributed by atoms with Crippen LogP contribution in [0.25, 0.3) is 10.9 Å². The first-order valence-electron chi connectivity index (χ1n) is 18.2. The van der Waals surface area contributed by atoms with E-state index in [0.29, 0.717) is 25.8 Å². The van der Waals surface area contributed by atoms with Gasteiger partial charge in [-0.2, -0.15) is 0 Å². The number of para-hydroxylation sites is 1. The van der Waals surface area contributed by atoms with Gasteiger partial charge in [-0.3, -0.25) is 33.8 Å². The Hall–Kier alpha value is -5.76. The topological polar surface area (TPSA) is 350 Å². The van der Waals surface area contributed by atoms with Gasteiger partial charge < -0.3 is 64.1 Å². The monoisotopic (exact) mass is 790 g/mol. The number of aromatic amines is 1. The first-order chi connectivity index (χ1) is 26.4. The Kier molecular flexibility index (Phi) is 21.8. The number of carboxylic acids is 2. The molecule has 1 aromatic heterocycles. The number of aliphatic carboxylic acids is 2. The number of rotatable bonds is 23. The summed E-state index contributed by atoms with van der Waals surface area (Å²) in [6, 6.07) is 1.65. The van der Waals surface area contributed by atoms with E-state index in [9.17, 15) is 33.9 Å². The van der Waals surface area contributed by atoms with E-state index in [1.165, 1.54) is 7.11 Å². The maximum atomic E-state index is 13.7. The van der Waals surface area contributed by atoms with Crippen LogP contribution in [0.2, 0.25) is 0 Å². The lowest BCUT2D eigenvalue weighted by atomic mass is 10.00. The molecule has 1 aromatic carbocycles. The molecule has 4 amide bonds. The Labute approximate surface area is 325 Å². The van der Waals surface area contributed by atoms with Crippen molar-refractivity contribution in [2.45, 2.75) is 102 Å². The highest BCUT2D eigenvalue weighted by Gasteiger charge is 2.33. The summed E-state index contributed by atoms with van der Waals surface area (Å²) in [5, 5.41) is 28.1. The number of ether oxygens (including phenoxy) is 1. The van der Waals surface area contributed by atoms with E-state index in [0.717, 1.165) is 23.4 Å². The summed E-state index contributed by atoms with van der Waals surface area (Å²) < 4.78 is 4.95. The molecule has 0 saturated carbocycles. The fourth-order valence-electron chi connectivity index (χ4n) is 5.41. The molecule has 20 nitrogen and oxygen atoms in total. The third-order valence-electron chi connectivity index (χ3n) is 8.31.